The minimum Gasteiger partial charge on any atom is -0.467 e. The molecule has 2 heterocycles. The van der Waals surface area contributed by atoms with Crippen molar-refractivity contribution in [1.29, 1.82) is 0 Å². The van der Waals surface area contributed by atoms with Crippen LogP contribution in [0.5, 0.6) is 0 Å². The highest BCUT2D eigenvalue weighted by Crippen LogP contribution is 2.27. The van der Waals surface area contributed by atoms with Gasteiger partial charge >= 0.3 is 12.1 Å². The maximum atomic E-state index is 13.5. The number of hydrogen-bond acceptors (Lipinski definition) is 10. The lowest BCUT2D eigenvalue weighted by Crippen LogP contribution is -2.59. The molecule has 2 fully saturated rings. The van der Waals surface area contributed by atoms with Crippen molar-refractivity contribution in [3.05, 3.63) is 35.9 Å². The lowest BCUT2D eigenvalue weighted by Gasteiger charge is -2.36. The van der Waals surface area contributed by atoms with Crippen molar-refractivity contribution in [2.24, 2.45) is 0 Å². The molecule has 1 aromatic carbocycles. The molecule has 0 spiro atoms. The molecule has 2 saturated heterocycles. The summed E-state index contributed by atoms with van der Waals surface area (Å²) in [5, 5.41) is 35.1. The fraction of sp³-hybridized carbons (Fsp3) is 0.600. The van der Waals surface area contributed by atoms with Gasteiger partial charge in [-0.15, -0.1) is 0 Å². The lowest BCUT2D eigenvalue weighted by molar-refractivity contribution is -0.149. The maximum Gasteiger partial charge on any atom is 0.407 e. The van der Waals surface area contributed by atoms with Crippen LogP contribution in [0.1, 0.15) is 31.2 Å². The van der Waals surface area contributed by atoms with Gasteiger partial charge in [0, 0.05) is 13.1 Å². The molecule has 13 nitrogen and oxygen atoms in total. The van der Waals surface area contributed by atoms with Crippen LogP contribution in [0, 0.1) is 0 Å². The Kier molecular flexibility index (Phi) is 10.8. The molecule has 2 aliphatic rings. The van der Waals surface area contributed by atoms with E-state index in [4.69, 9.17) is 4.74 Å². The van der Waals surface area contributed by atoms with Crippen molar-refractivity contribution in [3.8, 4) is 0 Å². The number of rotatable bonds is 11. The van der Waals surface area contributed by atoms with E-state index in [1.807, 2.05) is 6.07 Å². The smallest absolute Gasteiger partial charge is 0.407 e. The first-order valence-electron chi connectivity index (χ1n) is 12.6. The van der Waals surface area contributed by atoms with Gasteiger partial charge in [0.1, 0.15) is 18.9 Å². The molecule has 0 aromatic heterocycles. The Labute approximate surface area is 220 Å². The van der Waals surface area contributed by atoms with Gasteiger partial charge in [-0.2, -0.15) is 0 Å². The fourth-order valence-corrected chi connectivity index (χ4v) is 4.82. The number of amides is 3. The summed E-state index contributed by atoms with van der Waals surface area (Å²) >= 11 is 0. The number of hydrogen-bond donors (Lipinski definition) is 5. The van der Waals surface area contributed by atoms with Crippen LogP contribution in [0.25, 0.3) is 0 Å². The number of carbonyl (C=O) groups excluding carboxylic acids is 4. The largest absolute Gasteiger partial charge is 0.467 e. The summed E-state index contributed by atoms with van der Waals surface area (Å²) in [6.07, 6.45) is -0.263. The summed E-state index contributed by atoms with van der Waals surface area (Å²) in [5.74, 6) is -1.76. The number of ether oxygens (including phenoxy) is 2. The van der Waals surface area contributed by atoms with E-state index in [-0.39, 0.29) is 12.5 Å². The van der Waals surface area contributed by atoms with Crippen LogP contribution in [-0.4, -0.2) is 113 Å². The normalized spacial score (nSPS) is 21.8. The zero-order valence-electron chi connectivity index (χ0n) is 21.3. The number of methoxy groups -OCH3 is 1. The zero-order chi connectivity index (χ0) is 27.7. The molecule has 13 heteroatoms. The van der Waals surface area contributed by atoms with E-state index in [2.05, 4.69) is 15.4 Å². The number of aliphatic hydroxyl groups is 3. The van der Waals surface area contributed by atoms with Gasteiger partial charge in [0.15, 0.2) is 6.04 Å². The van der Waals surface area contributed by atoms with Crippen LogP contribution in [-0.2, 0) is 30.5 Å². The molecular formula is C25H36N4O9. The molecule has 1 aromatic rings. The first-order chi connectivity index (χ1) is 18.3. The van der Waals surface area contributed by atoms with Crippen molar-refractivity contribution in [2.45, 2.75) is 62.7 Å². The van der Waals surface area contributed by atoms with Gasteiger partial charge in [-0.3, -0.25) is 14.5 Å². The minimum atomic E-state index is -1.38. The SMILES string of the molecule is COC(=O)[C@H](CO)NC(=O)[C@@H]1CCCN1C(=O)[C@@H]1CCCN1C(O)[C@H](CO)NC(=O)OCc1ccccc1. The second kappa shape index (κ2) is 14.0. The third-order valence-corrected chi connectivity index (χ3v) is 6.81. The van der Waals surface area contributed by atoms with E-state index < -0.39 is 61.6 Å². The number of likely N-dealkylation sites (tertiary alicyclic amines) is 2. The third kappa shape index (κ3) is 7.19. The number of benzene rings is 1. The van der Waals surface area contributed by atoms with E-state index in [9.17, 15) is 34.5 Å². The molecule has 38 heavy (non-hydrogen) atoms. The lowest BCUT2D eigenvalue weighted by atomic mass is 10.1. The van der Waals surface area contributed by atoms with Crippen molar-refractivity contribution < 1.29 is 44.0 Å². The first kappa shape index (κ1) is 29.3. The molecule has 0 bridgehead atoms. The standard InChI is InChI=1S/C25H36N4O9/c1-37-24(35)18(14-31)26-21(32)19-9-5-11-28(19)23(34)20-10-6-12-29(20)22(33)17(13-30)27-25(36)38-15-16-7-3-2-4-8-16/h2-4,7-8,17-20,22,30-31,33H,5-6,9-15H2,1H3,(H,26,32)(H,27,36)/t17-,18-,19-,20-,22?/m0/s1. The third-order valence-electron chi connectivity index (χ3n) is 6.81. The van der Waals surface area contributed by atoms with Crippen molar-refractivity contribution in [2.75, 3.05) is 33.4 Å². The van der Waals surface area contributed by atoms with Crippen LogP contribution in [0.2, 0.25) is 0 Å². The monoisotopic (exact) mass is 536 g/mol. The highest BCUT2D eigenvalue weighted by Gasteiger charge is 2.44. The van der Waals surface area contributed by atoms with Crippen molar-refractivity contribution in [1.82, 2.24) is 20.4 Å². The Morgan fingerprint density at radius 3 is 2.34 bits per heavy atom. The van der Waals surface area contributed by atoms with E-state index >= 15 is 0 Å². The number of esters is 1. The summed E-state index contributed by atoms with van der Waals surface area (Å²) < 4.78 is 9.75. The molecule has 3 rings (SSSR count). The molecule has 3 amide bonds. The molecule has 210 valence electrons. The second-order valence-electron chi connectivity index (χ2n) is 9.26. The number of aliphatic hydroxyl groups excluding tert-OH is 3. The zero-order valence-corrected chi connectivity index (χ0v) is 21.3. The van der Waals surface area contributed by atoms with Gasteiger partial charge in [-0.05, 0) is 31.2 Å². The predicted octanol–water partition coefficient (Wildman–Crippen LogP) is -1.30. The second-order valence-corrected chi connectivity index (χ2v) is 9.26. The molecular weight excluding hydrogens is 500 g/mol. The molecule has 2 aliphatic heterocycles. The number of nitrogens with zero attached hydrogens (tertiary/aromatic N) is 2. The summed E-state index contributed by atoms with van der Waals surface area (Å²) in [5.41, 5.74) is 0.773. The molecule has 5 atom stereocenters. The number of carbonyl (C=O) groups is 4. The number of alkyl carbamates (subject to hydrolysis) is 1. The predicted molar refractivity (Wildman–Crippen MR) is 132 cm³/mol. The fourth-order valence-electron chi connectivity index (χ4n) is 4.82. The van der Waals surface area contributed by atoms with Gasteiger partial charge in [-0.25, -0.2) is 9.59 Å². The topological polar surface area (TPSA) is 178 Å². The van der Waals surface area contributed by atoms with Gasteiger partial charge in [0.25, 0.3) is 0 Å². The Hall–Kier alpha value is -3.26. The summed E-state index contributed by atoms with van der Waals surface area (Å²) in [6.45, 7) is -0.576. The highest BCUT2D eigenvalue weighted by molar-refractivity contribution is 5.92. The minimum absolute atomic E-state index is 0.0112. The van der Waals surface area contributed by atoms with Crippen LogP contribution >= 0.6 is 0 Å². The van der Waals surface area contributed by atoms with Crippen LogP contribution < -0.4 is 10.6 Å². The Morgan fingerprint density at radius 1 is 1.00 bits per heavy atom. The Balaban J connectivity index is 1.61. The summed E-state index contributed by atoms with van der Waals surface area (Å²) in [6, 6.07) is 5.04. The van der Waals surface area contributed by atoms with E-state index in [0.717, 1.165) is 12.7 Å². The van der Waals surface area contributed by atoms with Gasteiger partial charge in [0.2, 0.25) is 11.8 Å². The average molecular weight is 537 g/mol. The molecule has 1 unspecified atom stereocenters. The summed E-state index contributed by atoms with van der Waals surface area (Å²) in [7, 11) is 1.14. The van der Waals surface area contributed by atoms with E-state index in [1.54, 1.807) is 24.3 Å². The van der Waals surface area contributed by atoms with Gasteiger partial charge in [-0.1, -0.05) is 30.3 Å². The van der Waals surface area contributed by atoms with Gasteiger partial charge in [0.05, 0.1) is 32.4 Å². The van der Waals surface area contributed by atoms with Crippen molar-refractivity contribution in [3.63, 3.8) is 0 Å². The Bertz CT molecular complexity index is 963. The molecule has 0 saturated carbocycles. The quantitative estimate of drug-likeness (QED) is 0.214. The molecule has 5 N–H and O–H groups in total. The van der Waals surface area contributed by atoms with Gasteiger partial charge < -0.3 is 40.3 Å². The average Bonchev–Trinajstić information content (AvgIpc) is 3.63. The number of nitrogens with one attached hydrogen (secondary N) is 2. The molecule has 0 aliphatic carbocycles. The van der Waals surface area contributed by atoms with Crippen LogP contribution in [0.4, 0.5) is 4.79 Å². The Morgan fingerprint density at radius 2 is 1.68 bits per heavy atom. The van der Waals surface area contributed by atoms with E-state index in [0.29, 0.717) is 38.8 Å². The maximum absolute atomic E-state index is 13.5. The van der Waals surface area contributed by atoms with Crippen LogP contribution in [0.15, 0.2) is 30.3 Å². The first-order valence-corrected chi connectivity index (χ1v) is 12.6. The van der Waals surface area contributed by atoms with Crippen LogP contribution in [0.3, 0.4) is 0 Å². The van der Waals surface area contributed by atoms with E-state index in [1.165, 1.54) is 9.80 Å². The summed E-state index contributed by atoms with van der Waals surface area (Å²) in [4.78, 5) is 53.3. The van der Waals surface area contributed by atoms with Crippen molar-refractivity contribution >= 4 is 23.9 Å². The molecule has 0 radical (unpaired) electrons. The highest BCUT2D eigenvalue weighted by atomic mass is 16.5.